The highest BCUT2D eigenvalue weighted by Gasteiger charge is 2.21. The van der Waals surface area contributed by atoms with Gasteiger partial charge in [-0.1, -0.05) is 151 Å². The van der Waals surface area contributed by atoms with Crippen LogP contribution >= 0.6 is 0 Å². The zero-order chi connectivity index (χ0) is 51.0. The first-order valence-corrected chi connectivity index (χ1v) is 12.7. The molecular formula is C42H26O. The van der Waals surface area contributed by atoms with Crippen molar-refractivity contribution < 1.29 is 40.1 Å². The van der Waals surface area contributed by atoms with Crippen molar-refractivity contribution in [2.45, 2.75) is 0 Å². The molecule has 0 aliphatic heterocycles. The first-order valence-electron chi connectivity index (χ1n) is 25.7. The van der Waals surface area contributed by atoms with Crippen molar-refractivity contribution in [1.82, 2.24) is 0 Å². The second kappa shape index (κ2) is 9.44. The minimum absolute atomic E-state index is 0.578. The van der Waals surface area contributed by atoms with E-state index in [0.29, 0.717) is 0 Å². The molecule has 0 saturated heterocycles. The molecule has 0 aliphatic rings. The number of fused-ring (bicyclic) bond motifs is 6. The molecular weight excluding hydrogens is 520 g/mol. The van der Waals surface area contributed by atoms with E-state index in [1.807, 2.05) is 0 Å². The van der Waals surface area contributed by atoms with Crippen molar-refractivity contribution in [3.05, 3.63) is 157 Å². The van der Waals surface area contributed by atoms with Crippen LogP contribution in [0.1, 0.15) is 35.6 Å². The van der Waals surface area contributed by atoms with E-state index in [-0.39, 0.29) is 0 Å². The van der Waals surface area contributed by atoms with E-state index in [1.54, 1.807) is 0 Å². The van der Waals surface area contributed by atoms with E-state index in [9.17, 15) is 9.60 Å². The third kappa shape index (κ3) is 3.58. The lowest BCUT2D eigenvalue weighted by molar-refractivity contribution is 0.670. The molecule has 1 nitrogen and oxygen atoms in total. The summed E-state index contributed by atoms with van der Waals surface area (Å²) < 4.78 is 238. The van der Waals surface area contributed by atoms with Gasteiger partial charge in [-0.3, -0.25) is 0 Å². The lowest BCUT2D eigenvalue weighted by atomic mass is 9.84. The molecule has 1 heterocycles. The van der Waals surface area contributed by atoms with Crippen LogP contribution in [-0.2, 0) is 0 Å². The normalized spacial score (nSPS) is 20.2. The van der Waals surface area contributed by atoms with Crippen molar-refractivity contribution in [3.63, 3.8) is 0 Å². The van der Waals surface area contributed by atoms with Crippen LogP contribution < -0.4 is 0 Å². The van der Waals surface area contributed by atoms with E-state index >= 15 is 0 Å². The number of furan rings is 1. The molecule has 0 amide bonds. The molecule has 0 bridgehead atoms. The Morgan fingerprint density at radius 2 is 0.860 bits per heavy atom. The Morgan fingerprint density at radius 3 is 1.58 bits per heavy atom. The molecule has 8 aromatic carbocycles. The Balaban J connectivity index is 1.68. The highest BCUT2D eigenvalue weighted by molar-refractivity contribution is 6.27. The highest BCUT2D eigenvalue weighted by Crippen LogP contribution is 2.48. The average Bonchev–Trinajstić information content (AvgIpc) is 3.72. The average molecular weight is 573 g/mol. The largest absolute Gasteiger partial charge is 0.455 e. The zero-order valence-electron chi connectivity index (χ0n) is 47.4. The molecule has 0 aliphatic carbocycles. The number of rotatable bonds is 3. The van der Waals surface area contributed by atoms with Gasteiger partial charge in [-0.05, 0) is 66.2 Å². The summed E-state index contributed by atoms with van der Waals surface area (Å²) in [6.07, 6.45) is 0. The SMILES string of the molecule is [2H]c1c([2H])c([2H])c(-c2c([2H])c([2H])c([2H])c3c2oc2c([2H])c([2H])c([2H])c(-c4c5c([2H])c([2H])c([2H])c([2H])c5c(-c5c([2H])c([2H])c([2H])c6c([2H])c([2H])c([2H])c([2H])c56)c5c([2H])c([2H])c([2H])c([2H])c45)c23)c([2H])c1[2H]. The van der Waals surface area contributed by atoms with Gasteiger partial charge >= 0.3 is 0 Å². The fourth-order valence-corrected chi connectivity index (χ4v) is 5.34. The maximum atomic E-state index is 9.53. The summed E-state index contributed by atoms with van der Waals surface area (Å²) in [7, 11) is 0. The van der Waals surface area contributed by atoms with Gasteiger partial charge in [0.1, 0.15) is 11.2 Å². The van der Waals surface area contributed by atoms with E-state index in [1.165, 1.54) is 0 Å². The minimum Gasteiger partial charge on any atom is -0.455 e. The summed E-state index contributed by atoms with van der Waals surface area (Å²) in [4.78, 5) is 0. The van der Waals surface area contributed by atoms with Crippen LogP contribution in [0.15, 0.2) is 162 Å². The maximum absolute atomic E-state index is 9.53. The van der Waals surface area contributed by atoms with Crippen molar-refractivity contribution in [2.24, 2.45) is 0 Å². The number of hydrogen-bond acceptors (Lipinski definition) is 1. The van der Waals surface area contributed by atoms with Gasteiger partial charge in [0.05, 0.1) is 35.6 Å². The first-order chi connectivity index (χ1) is 32.2. The summed E-state index contributed by atoms with van der Waals surface area (Å²) >= 11 is 0. The molecule has 9 aromatic rings. The highest BCUT2D eigenvalue weighted by atomic mass is 16.3. The molecule has 200 valence electrons. The van der Waals surface area contributed by atoms with Gasteiger partial charge in [-0.25, -0.2) is 0 Å². The van der Waals surface area contributed by atoms with Crippen LogP contribution in [0.3, 0.4) is 0 Å². The second-order valence-electron chi connectivity index (χ2n) is 9.26. The molecule has 0 fully saturated rings. The lowest BCUT2D eigenvalue weighted by Crippen LogP contribution is -1.92. The zero-order valence-corrected chi connectivity index (χ0v) is 21.4. The first kappa shape index (κ1) is 9.69. The van der Waals surface area contributed by atoms with E-state index < -0.39 is 245 Å². The molecule has 1 heteroatoms. The summed E-state index contributed by atoms with van der Waals surface area (Å²) in [5, 5.41) is -5.28. The Morgan fingerprint density at radius 1 is 0.372 bits per heavy atom. The van der Waals surface area contributed by atoms with Crippen LogP contribution in [0.4, 0.5) is 0 Å². The summed E-state index contributed by atoms with van der Waals surface area (Å²) in [6, 6.07) is -23.9. The van der Waals surface area contributed by atoms with Crippen LogP contribution in [0.5, 0.6) is 0 Å². The number of benzene rings is 8. The van der Waals surface area contributed by atoms with Crippen molar-refractivity contribution in [3.8, 4) is 33.4 Å². The maximum Gasteiger partial charge on any atom is 0.143 e. The summed E-state index contributed by atoms with van der Waals surface area (Å²) in [6.45, 7) is 0. The van der Waals surface area contributed by atoms with Crippen molar-refractivity contribution in [1.29, 1.82) is 0 Å². The van der Waals surface area contributed by atoms with Gasteiger partial charge in [-0.15, -0.1) is 0 Å². The van der Waals surface area contributed by atoms with Crippen molar-refractivity contribution in [2.75, 3.05) is 0 Å². The molecule has 0 atom stereocenters. The van der Waals surface area contributed by atoms with Crippen LogP contribution in [0, 0.1) is 0 Å². The smallest absolute Gasteiger partial charge is 0.143 e. The van der Waals surface area contributed by atoms with Crippen molar-refractivity contribution >= 4 is 54.3 Å². The van der Waals surface area contributed by atoms with E-state index in [4.69, 9.17) is 30.5 Å². The standard InChI is InChI=1S/C42H26O/c1-2-13-28(14-3-1)30-22-11-25-37-41-36(24-12-26-38(41)43-42(30)37)40-34-20-8-6-18-32(34)39(33-19-7-9-21-35(33)40)31-23-10-16-27-15-4-5-17-29(27)31/h1-26H/i1D,2D,3D,4D,5D,6D,7D,8D,9D,10D,11D,12D,13D,14D,15D,16D,17D,18D,19D,20D,21D,22D,23D,24D,25D,26D. The predicted molar refractivity (Wildman–Crippen MR) is 183 cm³/mol. The van der Waals surface area contributed by atoms with E-state index in [0.717, 1.165) is 0 Å². The van der Waals surface area contributed by atoms with Gasteiger partial charge < -0.3 is 4.42 Å². The van der Waals surface area contributed by atoms with Gasteiger partial charge in [0, 0.05) is 16.3 Å². The van der Waals surface area contributed by atoms with E-state index in [2.05, 4.69) is 0 Å². The Bertz CT molecular complexity index is 3850. The van der Waals surface area contributed by atoms with Gasteiger partial charge in [-0.2, -0.15) is 0 Å². The topological polar surface area (TPSA) is 13.1 Å². The van der Waals surface area contributed by atoms with Crippen LogP contribution in [-0.4, -0.2) is 0 Å². The molecule has 0 radical (unpaired) electrons. The van der Waals surface area contributed by atoms with Gasteiger partial charge in [0.25, 0.3) is 0 Å². The molecule has 0 spiro atoms. The lowest BCUT2D eigenvalue weighted by Gasteiger charge is -2.19. The Kier molecular flexibility index (Phi) is 2.13. The number of para-hydroxylation sites is 1. The third-order valence-corrected chi connectivity index (χ3v) is 7.06. The summed E-state index contributed by atoms with van der Waals surface area (Å²) in [5.41, 5.74) is -5.50. The second-order valence-corrected chi connectivity index (χ2v) is 9.26. The van der Waals surface area contributed by atoms with Gasteiger partial charge in [0.2, 0.25) is 0 Å². The monoisotopic (exact) mass is 572 g/mol. The fraction of sp³-hybridized carbons (Fsp3) is 0. The minimum atomic E-state index is -0.986. The Hall–Kier alpha value is -5.66. The van der Waals surface area contributed by atoms with Gasteiger partial charge in [0.15, 0.2) is 0 Å². The molecule has 43 heavy (non-hydrogen) atoms. The molecule has 0 unspecified atom stereocenters. The predicted octanol–water partition coefficient (Wildman–Crippen LogP) is 12.0. The third-order valence-electron chi connectivity index (χ3n) is 7.06. The van der Waals surface area contributed by atoms with Crippen LogP contribution in [0.25, 0.3) is 87.6 Å². The number of hydrogen-bond donors (Lipinski definition) is 0. The quantitative estimate of drug-likeness (QED) is 0.192. The molecule has 0 N–H and O–H groups in total. The summed E-state index contributed by atoms with van der Waals surface area (Å²) in [5.74, 6) is 0. The fourth-order valence-electron chi connectivity index (χ4n) is 5.34. The molecule has 1 aromatic heterocycles. The Labute approximate surface area is 285 Å². The van der Waals surface area contributed by atoms with Crippen LogP contribution in [0.2, 0.25) is 0 Å². The molecule has 9 rings (SSSR count). The molecule has 0 saturated carbocycles.